The van der Waals surface area contributed by atoms with Crippen LogP contribution < -0.4 is 10.6 Å². The van der Waals surface area contributed by atoms with Gasteiger partial charge in [-0.25, -0.2) is 9.97 Å². The van der Waals surface area contributed by atoms with Crippen molar-refractivity contribution < 1.29 is 0 Å². The number of nitrogens with two attached hydrogens (primary N) is 1. The summed E-state index contributed by atoms with van der Waals surface area (Å²) in [4.78, 5) is 11.6. The molecule has 20 heavy (non-hydrogen) atoms. The van der Waals surface area contributed by atoms with Crippen LogP contribution in [0.3, 0.4) is 0 Å². The van der Waals surface area contributed by atoms with Crippen LogP contribution in [0.15, 0.2) is 30.5 Å². The fourth-order valence-electron chi connectivity index (χ4n) is 3.33. The Balaban J connectivity index is 1.94. The van der Waals surface area contributed by atoms with Crippen LogP contribution in [0.5, 0.6) is 0 Å². The molecular weight excluding hydrogens is 248 g/mol. The van der Waals surface area contributed by atoms with E-state index in [4.69, 9.17) is 10.7 Å². The minimum atomic E-state index is 0.492. The Morgan fingerprint density at radius 1 is 1.30 bits per heavy atom. The standard InChI is InChI=1S/C16H22N4/c1-2-20(15-9-5-7-12(15)10-17)16-18-11-13-6-3-4-8-14(13)19-16/h3-4,6,8,11-12,15H,2,5,7,9-10,17H2,1H3. The maximum atomic E-state index is 5.92. The molecule has 1 aliphatic rings. The van der Waals surface area contributed by atoms with E-state index in [9.17, 15) is 0 Å². The molecule has 3 rings (SSSR count). The molecular formula is C16H22N4. The van der Waals surface area contributed by atoms with Crippen molar-refractivity contribution in [1.82, 2.24) is 9.97 Å². The molecule has 4 nitrogen and oxygen atoms in total. The van der Waals surface area contributed by atoms with E-state index in [2.05, 4.69) is 16.8 Å². The average Bonchev–Trinajstić information content (AvgIpc) is 2.96. The zero-order valence-corrected chi connectivity index (χ0v) is 12.0. The maximum Gasteiger partial charge on any atom is 0.226 e. The van der Waals surface area contributed by atoms with Gasteiger partial charge >= 0.3 is 0 Å². The molecule has 0 saturated heterocycles. The van der Waals surface area contributed by atoms with Crippen LogP contribution in [0.25, 0.3) is 10.9 Å². The summed E-state index contributed by atoms with van der Waals surface area (Å²) in [5.41, 5.74) is 6.93. The molecule has 0 bridgehead atoms. The molecule has 2 N–H and O–H groups in total. The third-order valence-electron chi connectivity index (χ3n) is 4.40. The number of anilines is 1. The van der Waals surface area contributed by atoms with Crippen molar-refractivity contribution in [2.45, 2.75) is 32.2 Å². The number of aromatic nitrogens is 2. The summed E-state index contributed by atoms with van der Waals surface area (Å²) < 4.78 is 0. The van der Waals surface area contributed by atoms with E-state index in [1.54, 1.807) is 0 Å². The fourth-order valence-corrected chi connectivity index (χ4v) is 3.33. The van der Waals surface area contributed by atoms with E-state index in [0.29, 0.717) is 12.0 Å². The molecule has 1 aromatic heterocycles. The Labute approximate surface area is 120 Å². The van der Waals surface area contributed by atoms with Crippen molar-refractivity contribution in [3.05, 3.63) is 30.5 Å². The van der Waals surface area contributed by atoms with Gasteiger partial charge in [-0.05, 0) is 38.3 Å². The predicted molar refractivity (Wildman–Crippen MR) is 82.7 cm³/mol. The Morgan fingerprint density at radius 2 is 2.15 bits per heavy atom. The average molecular weight is 270 g/mol. The van der Waals surface area contributed by atoms with Crippen LogP contribution >= 0.6 is 0 Å². The van der Waals surface area contributed by atoms with Crippen molar-refractivity contribution in [2.75, 3.05) is 18.0 Å². The number of fused-ring (bicyclic) bond motifs is 1. The summed E-state index contributed by atoms with van der Waals surface area (Å²) in [6, 6.07) is 8.63. The van der Waals surface area contributed by atoms with E-state index in [-0.39, 0.29) is 0 Å². The Hall–Kier alpha value is -1.68. The molecule has 1 fully saturated rings. The minimum Gasteiger partial charge on any atom is -0.338 e. The molecule has 1 saturated carbocycles. The molecule has 1 aromatic carbocycles. The van der Waals surface area contributed by atoms with Gasteiger partial charge in [-0.1, -0.05) is 24.6 Å². The number of nitrogens with zero attached hydrogens (tertiary/aromatic N) is 3. The molecule has 2 unspecified atom stereocenters. The number of para-hydroxylation sites is 1. The molecule has 4 heteroatoms. The minimum absolute atomic E-state index is 0.492. The first-order chi connectivity index (χ1) is 9.83. The van der Waals surface area contributed by atoms with Gasteiger partial charge in [0, 0.05) is 24.2 Å². The van der Waals surface area contributed by atoms with Gasteiger partial charge in [-0.2, -0.15) is 0 Å². The monoisotopic (exact) mass is 270 g/mol. The van der Waals surface area contributed by atoms with Crippen molar-refractivity contribution in [2.24, 2.45) is 11.7 Å². The Kier molecular flexibility index (Phi) is 3.83. The summed E-state index contributed by atoms with van der Waals surface area (Å²) >= 11 is 0. The zero-order chi connectivity index (χ0) is 13.9. The Morgan fingerprint density at radius 3 is 2.95 bits per heavy atom. The number of hydrogen-bond donors (Lipinski definition) is 1. The third-order valence-corrected chi connectivity index (χ3v) is 4.40. The molecule has 1 heterocycles. The fraction of sp³-hybridized carbons (Fsp3) is 0.500. The van der Waals surface area contributed by atoms with E-state index < -0.39 is 0 Å². The van der Waals surface area contributed by atoms with E-state index in [1.165, 1.54) is 19.3 Å². The maximum absolute atomic E-state index is 5.92. The van der Waals surface area contributed by atoms with E-state index in [0.717, 1.165) is 29.9 Å². The van der Waals surface area contributed by atoms with Crippen LogP contribution in [0.2, 0.25) is 0 Å². The summed E-state index contributed by atoms with van der Waals surface area (Å²) in [6.07, 6.45) is 5.61. The zero-order valence-electron chi connectivity index (χ0n) is 12.0. The number of rotatable bonds is 4. The first-order valence-corrected chi connectivity index (χ1v) is 7.52. The van der Waals surface area contributed by atoms with Gasteiger partial charge < -0.3 is 10.6 Å². The van der Waals surface area contributed by atoms with E-state index >= 15 is 0 Å². The molecule has 1 aliphatic carbocycles. The van der Waals surface area contributed by atoms with Crippen molar-refractivity contribution in [1.29, 1.82) is 0 Å². The summed E-state index contributed by atoms with van der Waals surface area (Å²) in [5, 5.41) is 1.09. The highest BCUT2D eigenvalue weighted by atomic mass is 15.3. The number of benzene rings is 1. The second kappa shape index (κ2) is 5.75. The molecule has 106 valence electrons. The van der Waals surface area contributed by atoms with E-state index in [1.807, 2.05) is 30.5 Å². The van der Waals surface area contributed by atoms with Crippen LogP contribution in [0.1, 0.15) is 26.2 Å². The van der Waals surface area contributed by atoms with Crippen LogP contribution in [0, 0.1) is 5.92 Å². The molecule has 0 aliphatic heterocycles. The molecule has 0 amide bonds. The lowest BCUT2D eigenvalue weighted by molar-refractivity contribution is 0.457. The van der Waals surface area contributed by atoms with Crippen molar-refractivity contribution >= 4 is 16.9 Å². The number of hydrogen-bond acceptors (Lipinski definition) is 4. The van der Waals surface area contributed by atoms with Gasteiger partial charge in [0.1, 0.15) is 0 Å². The van der Waals surface area contributed by atoms with Crippen LogP contribution in [0.4, 0.5) is 5.95 Å². The lowest BCUT2D eigenvalue weighted by atomic mass is 10.0. The quantitative estimate of drug-likeness (QED) is 0.927. The molecule has 2 aromatic rings. The van der Waals surface area contributed by atoms with Crippen LogP contribution in [-0.2, 0) is 0 Å². The normalized spacial score (nSPS) is 22.3. The molecule has 0 radical (unpaired) electrons. The highest BCUT2D eigenvalue weighted by molar-refractivity contribution is 5.78. The summed E-state index contributed by atoms with van der Waals surface area (Å²) in [5.74, 6) is 1.42. The lowest BCUT2D eigenvalue weighted by Gasteiger charge is -2.31. The van der Waals surface area contributed by atoms with Gasteiger partial charge in [-0.15, -0.1) is 0 Å². The second-order valence-electron chi connectivity index (χ2n) is 5.51. The highest BCUT2D eigenvalue weighted by Crippen LogP contribution is 2.31. The lowest BCUT2D eigenvalue weighted by Crippen LogP contribution is -2.41. The summed E-state index contributed by atoms with van der Waals surface area (Å²) in [6.45, 7) is 3.86. The summed E-state index contributed by atoms with van der Waals surface area (Å²) in [7, 11) is 0. The smallest absolute Gasteiger partial charge is 0.226 e. The largest absolute Gasteiger partial charge is 0.338 e. The van der Waals surface area contributed by atoms with Crippen LogP contribution in [-0.4, -0.2) is 29.1 Å². The van der Waals surface area contributed by atoms with Gasteiger partial charge in [0.2, 0.25) is 5.95 Å². The third kappa shape index (κ3) is 2.36. The molecule has 0 spiro atoms. The first kappa shape index (κ1) is 13.3. The first-order valence-electron chi connectivity index (χ1n) is 7.52. The van der Waals surface area contributed by atoms with Crippen molar-refractivity contribution in [3.8, 4) is 0 Å². The van der Waals surface area contributed by atoms with Gasteiger partial charge in [0.05, 0.1) is 5.52 Å². The SMILES string of the molecule is CCN(c1ncc2ccccc2n1)C1CCCC1CN. The molecule has 2 atom stereocenters. The van der Waals surface area contributed by atoms with Gasteiger partial charge in [0.25, 0.3) is 0 Å². The highest BCUT2D eigenvalue weighted by Gasteiger charge is 2.31. The predicted octanol–water partition coefficient (Wildman–Crippen LogP) is 2.58. The second-order valence-corrected chi connectivity index (χ2v) is 5.51. The Bertz CT molecular complexity index is 583. The topological polar surface area (TPSA) is 55.0 Å². The van der Waals surface area contributed by atoms with Crippen molar-refractivity contribution in [3.63, 3.8) is 0 Å². The van der Waals surface area contributed by atoms with Gasteiger partial charge in [0.15, 0.2) is 0 Å². The van der Waals surface area contributed by atoms with Gasteiger partial charge in [-0.3, -0.25) is 0 Å².